The number of nitrogens with one attached hydrogen (secondary N) is 1. The Kier molecular flexibility index (Phi) is 4.11. The van der Waals surface area contributed by atoms with Gasteiger partial charge in [-0.2, -0.15) is 0 Å². The second-order valence-corrected chi connectivity index (χ2v) is 4.77. The van der Waals surface area contributed by atoms with Crippen LogP contribution >= 0.6 is 0 Å². The standard InChI is InChI=1S/C11H23N3O/c1-4-7-13-11(10(12)15,8-14(2)3)9-5-6-9/h9,13H,4-8H2,1-3H3,(H2,12,15). The van der Waals surface area contributed by atoms with Crippen LogP contribution in [0.3, 0.4) is 0 Å². The first-order valence-electron chi connectivity index (χ1n) is 5.72. The van der Waals surface area contributed by atoms with Crippen molar-refractivity contribution in [3.05, 3.63) is 0 Å². The fourth-order valence-electron chi connectivity index (χ4n) is 2.12. The summed E-state index contributed by atoms with van der Waals surface area (Å²) in [5, 5.41) is 3.36. The Morgan fingerprint density at radius 2 is 2.13 bits per heavy atom. The van der Waals surface area contributed by atoms with E-state index in [4.69, 9.17) is 5.73 Å². The summed E-state index contributed by atoms with van der Waals surface area (Å²) in [6.45, 7) is 3.65. The normalized spacial score (nSPS) is 20.3. The molecule has 1 rings (SSSR count). The third kappa shape index (κ3) is 2.92. The molecule has 0 aromatic rings. The molecule has 1 fully saturated rings. The van der Waals surface area contributed by atoms with Crippen LogP contribution in [0.5, 0.6) is 0 Å². The van der Waals surface area contributed by atoms with E-state index in [0.717, 1.165) is 25.8 Å². The van der Waals surface area contributed by atoms with Crippen molar-refractivity contribution in [2.24, 2.45) is 11.7 Å². The van der Waals surface area contributed by atoms with E-state index < -0.39 is 5.54 Å². The van der Waals surface area contributed by atoms with Crippen molar-refractivity contribution in [1.29, 1.82) is 0 Å². The van der Waals surface area contributed by atoms with Crippen LogP contribution in [0.4, 0.5) is 0 Å². The average Bonchev–Trinajstić information content (AvgIpc) is 2.94. The van der Waals surface area contributed by atoms with Gasteiger partial charge in [0.25, 0.3) is 0 Å². The summed E-state index contributed by atoms with van der Waals surface area (Å²) in [4.78, 5) is 13.7. The molecule has 4 nitrogen and oxygen atoms in total. The SMILES string of the molecule is CCCNC(CN(C)C)(C(N)=O)C1CC1. The molecule has 0 aliphatic heterocycles. The van der Waals surface area contributed by atoms with E-state index in [1.54, 1.807) is 0 Å². The molecule has 0 aromatic heterocycles. The summed E-state index contributed by atoms with van der Waals surface area (Å²) in [7, 11) is 3.96. The Labute approximate surface area is 92.2 Å². The zero-order chi connectivity index (χ0) is 11.5. The van der Waals surface area contributed by atoms with Crippen molar-refractivity contribution >= 4 is 5.91 Å². The summed E-state index contributed by atoms with van der Waals surface area (Å²) < 4.78 is 0. The number of rotatable bonds is 7. The minimum Gasteiger partial charge on any atom is -0.368 e. The third-order valence-corrected chi connectivity index (χ3v) is 2.97. The van der Waals surface area contributed by atoms with Crippen LogP contribution in [0, 0.1) is 5.92 Å². The van der Waals surface area contributed by atoms with E-state index in [1.165, 1.54) is 0 Å². The number of likely N-dealkylation sites (N-methyl/N-ethyl adjacent to an activating group) is 1. The van der Waals surface area contributed by atoms with Gasteiger partial charge in [-0.3, -0.25) is 4.79 Å². The van der Waals surface area contributed by atoms with E-state index in [0.29, 0.717) is 12.5 Å². The Morgan fingerprint density at radius 1 is 1.53 bits per heavy atom. The molecule has 0 spiro atoms. The lowest BCUT2D eigenvalue weighted by Gasteiger charge is -2.34. The molecule has 0 bridgehead atoms. The molecule has 3 N–H and O–H groups in total. The summed E-state index contributed by atoms with van der Waals surface area (Å²) >= 11 is 0. The minimum atomic E-state index is -0.500. The topological polar surface area (TPSA) is 58.4 Å². The van der Waals surface area contributed by atoms with Crippen LogP contribution in [-0.2, 0) is 4.79 Å². The number of carbonyl (C=O) groups is 1. The minimum absolute atomic E-state index is 0.202. The molecule has 0 aromatic carbocycles. The van der Waals surface area contributed by atoms with Crippen molar-refractivity contribution in [2.45, 2.75) is 31.7 Å². The van der Waals surface area contributed by atoms with Gasteiger partial charge in [0.15, 0.2) is 0 Å². The Morgan fingerprint density at radius 3 is 2.47 bits per heavy atom. The van der Waals surface area contributed by atoms with E-state index in [1.807, 2.05) is 19.0 Å². The Hall–Kier alpha value is -0.610. The second kappa shape index (κ2) is 4.94. The maximum absolute atomic E-state index is 11.7. The van der Waals surface area contributed by atoms with E-state index >= 15 is 0 Å². The molecule has 15 heavy (non-hydrogen) atoms. The maximum atomic E-state index is 11.7. The van der Waals surface area contributed by atoms with E-state index in [2.05, 4.69) is 12.2 Å². The highest BCUT2D eigenvalue weighted by Gasteiger charge is 2.49. The lowest BCUT2D eigenvalue weighted by Crippen LogP contribution is -2.62. The van der Waals surface area contributed by atoms with Gasteiger partial charge in [-0.25, -0.2) is 0 Å². The number of nitrogens with zero attached hydrogens (tertiary/aromatic N) is 1. The lowest BCUT2D eigenvalue weighted by molar-refractivity contribution is -0.126. The highest BCUT2D eigenvalue weighted by Crippen LogP contribution is 2.40. The predicted molar refractivity (Wildman–Crippen MR) is 61.5 cm³/mol. The van der Waals surface area contributed by atoms with Gasteiger partial charge in [-0.15, -0.1) is 0 Å². The van der Waals surface area contributed by atoms with Crippen LogP contribution in [0.25, 0.3) is 0 Å². The zero-order valence-corrected chi connectivity index (χ0v) is 10.0. The van der Waals surface area contributed by atoms with Gasteiger partial charge in [0.05, 0.1) is 0 Å². The van der Waals surface area contributed by atoms with Crippen molar-refractivity contribution < 1.29 is 4.79 Å². The maximum Gasteiger partial charge on any atom is 0.239 e. The number of nitrogens with two attached hydrogens (primary N) is 1. The number of amides is 1. The summed E-state index contributed by atoms with van der Waals surface area (Å²) in [5.41, 5.74) is 5.07. The highest BCUT2D eigenvalue weighted by atomic mass is 16.1. The second-order valence-electron chi connectivity index (χ2n) is 4.77. The van der Waals surface area contributed by atoms with Gasteiger partial charge in [0.2, 0.25) is 5.91 Å². The monoisotopic (exact) mass is 213 g/mol. The van der Waals surface area contributed by atoms with E-state index in [-0.39, 0.29) is 5.91 Å². The van der Waals surface area contributed by atoms with Crippen molar-refractivity contribution in [2.75, 3.05) is 27.2 Å². The molecule has 1 amide bonds. The van der Waals surface area contributed by atoms with Gasteiger partial charge in [0, 0.05) is 6.54 Å². The van der Waals surface area contributed by atoms with Crippen LogP contribution in [0.1, 0.15) is 26.2 Å². The molecule has 0 saturated heterocycles. The molecule has 88 valence electrons. The largest absolute Gasteiger partial charge is 0.368 e. The first-order valence-corrected chi connectivity index (χ1v) is 5.72. The number of primary amides is 1. The molecule has 4 heteroatoms. The quantitative estimate of drug-likeness (QED) is 0.634. The van der Waals surface area contributed by atoms with Crippen molar-refractivity contribution in [3.8, 4) is 0 Å². The van der Waals surface area contributed by atoms with Gasteiger partial charge in [0.1, 0.15) is 5.54 Å². The molecule has 0 heterocycles. The fraction of sp³-hybridized carbons (Fsp3) is 0.909. The Bertz CT molecular complexity index is 226. The molecule has 1 unspecified atom stereocenters. The summed E-state index contributed by atoms with van der Waals surface area (Å²) in [6, 6.07) is 0. The van der Waals surface area contributed by atoms with Crippen molar-refractivity contribution in [3.63, 3.8) is 0 Å². The van der Waals surface area contributed by atoms with Crippen LogP contribution in [-0.4, -0.2) is 43.5 Å². The molecule has 1 saturated carbocycles. The molecule has 0 radical (unpaired) electrons. The van der Waals surface area contributed by atoms with Gasteiger partial charge in [-0.1, -0.05) is 6.92 Å². The number of hydrogen-bond acceptors (Lipinski definition) is 3. The van der Waals surface area contributed by atoms with E-state index in [9.17, 15) is 4.79 Å². The summed E-state index contributed by atoms with van der Waals surface area (Å²) in [5.74, 6) is 0.233. The smallest absolute Gasteiger partial charge is 0.239 e. The molecule has 1 atom stereocenters. The average molecular weight is 213 g/mol. The van der Waals surface area contributed by atoms with Crippen LogP contribution in [0.2, 0.25) is 0 Å². The predicted octanol–water partition coefficient (Wildman–Crippen LogP) is 0.182. The van der Waals surface area contributed by atoms with Gasteiger partial charge >= 0.3 is 0 Å². The lowest BCUT2D eigenvalue weighted by atomic mass is 9.91. The zero-order valence-electron chi connectivity index (χ0n) is 10.0. The van der Waals surface area contributed by atoms with Crippen LogP contribution in [0.15, 0.2) is 0 Å². The third-order valence-electron chi connectivity index (χ3n) is 2.97. The first kappa shape index (κ1) is 12.5. The first-order chi connectivity index (χ1) is 7.03. The number of hydrogen-bond donors (Lipinski definition) is 2. The molecule has 1 aliphatic rings. The molecule has 1 aliphatic carbocycles. The summed E-state index contributed by atoms with van der Waals surface area (Å²) in [6.07, 6.45) is 3.26. The Balaban J connectivity index is 2.73. The van der Waals surface area contributed by atoms with Crippen molar-refractivity contribution in [1.82, 2.24) is 10.2 Å². The number of carbonyl (C=O) groups excluding carboxylic acids is 1. The van der Waals surface area contributed by atoms with Gasteiger partial charge in [-0.05, 0) is 45.8 Å². The molecular weight excluding hydrogens is 190 g/mol. The molecular formula is C11H23N3O. The van der Waals surface area contributed by atoms with Crippen LogP contribution < -0.4 is 11.1 Å². The van der Waals surface area contributed by atoms with Gasteiger partial charge < -0.3 is 16.0 Å². The fourth-order valence-corrected chi connectivity index (χ4v) is 2.12. The highest BCUT2D eigenvalue weighted by molar-refractivity contribution is 5.86.